The molecule has 0 aromatic carbocycles. The topological polar surface area (TPSA) is 46.2 Å². The van der Waals surface area contributed by atoms with Gasteiger partial charge in [0, 0.05) is 22.6 Å². The van der Waals surface area contributed by atoms with Crippen LogP contribution in [0.4, 0.5) is 0 Å². The van der Waals surface area contributed by atoms with Crippen molar-refractivity contribution >= 4 is 23.0 Å². The van der Waals surface area contributed by atoms with Gasteiger partial charge in [-0.3, -0.25) is 9.59 Å². The maximum absolute atomic E-state index is 12.4. The summed E-state index contributed by atoms with van der Waals surface area (Å²) in [6, 6.07) is 4.13. The van der Waals surface area contributed by atoms with E-state index >= 15 is 0 Å². The normalized spacial score (nSPS) is 30.9. The van der Waals surface area contributed by atoms with Crippen LogP contribution in [0.15, 0.2) is 17.5 Å². The van der Waals surface area contributed by atoms with Crippen LogP contribution in [0.1, 0.15) is 49.9 Å². The molecule has 2 aliphatic rings. The van der Waals surface area contributed by atoms with E-state index in [1.54, 1.807) is 11.3 Å². The Morgan fingerprint density at radius 2 is 2.05 bits per heavy atom. The summed E-state index contributed by atoms with van der Waals surface area (Å²) in [6.07, 6.45) is 4.65. The molecule has 0 spiro atoms. The molecule has 0 radical (unpaired) electrons. The summed E-state index contributed by atoms with van der Waals surface area (Å²) < 4.78 is 0. The van der Waals surface area contributed by atoms with Gasteiger partial charge in [-0.1, -0.05) is 12.5 Å². The number of ketones is 1. The van der Waals surface area contributed by atoms with Crippen molar-refractivity contribution in [2.24, 2.45) is 17.8 Å². The Morgan fingerprint density at radius 1 is 1.35 bits per heavy atom. The first-order chi connectivity index (χ1) is 9.65. The number of carbonyl (C=O) groups is 2. The zero-order valence-electron chi connectivity index (χ0n) is 11.8. The second-order valence-corrected chi connectivity index (χ2v) is 7.12. The van der Waals surface area contributed by atoms with Gasteiger partial charge in [-0.15, -0.1) is 11.3 Å². The highest BCUT2D eigenvalue weighted by Crippen LogP contribution is 2.40. The molecule has 20 heavy (non-hydrogen) atoms. The summed E-state index contributed by atoms with van der Waals surface area (Å²) in [7, 11) is 0. The molecule has 2 saturated carbocycles. The van der Waals surface area contributed by atoms with Crippen molar-refractivity contribution in [3.63, 3.8) is 0 Å². The number of thiophene rings is 1. The fourth-order valence-corrected chi connectivity index (χ4v) is 4.37. The van der Waals surface area contributed by atoms with Crippen LogP contribution in [0, 0.1) is 17.8 Å². The molecule has 3 atom stereocenters. The van der Waals surface area contributed by atoms with Crippen LogP contribution in [-0.2, 0) is 9.59 Å². The first kappa shape index (κ1) is 13.8. The lowest BCUT2D eigenvalue weighted by Crippen LogP contribution is -2.43. The largest absolute Gasteiger partial charge is 0.349 e. The number of carbonyl (C=O) groups excluding carboxylic acids is 2. The number of fused-ring (bicyclic) bond motifs is 2. The van der Waals surface area contributed by atoms with Gasteiger partial charge in [0.1, 0.15) is 5.78 Å². The van der Waals surface area contributed by atoms with Gasteiger partial charge < -0.3 is 5.32 Å². The number of amides is 1. The van der Waals surface area contributed by atoms with Crippen LogP contribution in [0.2, 0.25) is 0 Å². The van der Waals surface area contributed by atoms with Crippen LogP contribution in [0.25, 0.3) is 0 Å². The van der Waals surface area contributed by atoms with Crippen LogP contribution < -0.4 is 5.32 Å². The van der Waals surface area contributed by atoms with Crippen LogP contribution in [-0.4, -0.2) is 11.7 Å². The van der Waals surface area contributed by atoms with E-state index in [0.29, 0.717) is 5.78 Å². The van der Waals surface area contributed by atoms with E-state index in [2.05, 4.69) is 11.4 Å². The first-order valence-electron chi connectivity index (χ1n) is 7.52. The van der Waals surface area contributed by atoms with E-state index in [1.807, 2.05) is 18.4 Å². The average Bonchev–Trinajstić information content (AvgIpc) is 2.92. The maximum atomic E-state index is 12.4. The Kier molecular flexibility index (Phi) is 3.92. The van der Waals surface area contributed by atoms with E-state index in [4.69, 9.17) is 0 Å². The van der Waals surface area contributed by atoms with Crippen molar-refractivity contribution in [1.29, 1.82) is 0 Å². The number of hydrogen-bond acceptors (Lipinski definition) is 3. The monoisotopic (exact) mass is 291 g/mol. The summed E-state index contributed by atoms with van der Waals surface area (Å²) in [5, 5.41) is 5.15. The minimum atomic E-state index is 0.0328. The summed E-state index contributed by atoms with van der Waals surface area (Å²) in [6.45, 7) is 2.03. The zero-order valence-corrected chi connectivity index (χ0v) is 12.6. The SMILES string of the molecule is CC(NC(=O)C1CC2CCCC(C1)C2=O)c1cccs1. The second-order valence-electron chi connectivity index (χ2n) is 6.14. The smallest absolute Gasteiger partial charge is 0.223 e. The summed E-state index contributed by atoms with van der Waals surface area (Å²) in [5.41, 5.74) is 0. The number of Topliss-reactive ketones (excluding diaryl/α,β-unsaturated/α-hetero) is 1. The lowest BCUT2D eigenvalue weighted by Gasteiger charge is -2.37. The molecule has 0 saturated heterocycles. The average molecular weight is 291 g/mol. The Morgan fingerprint density at radius 3 is 2.65 bits per heavy atom. The molecule has 2 bridgehead atoms. The van der Waals surface area contributed by atoms with E-state index in [1.165, 1.54) is 4.88 Å². The standard InChI is InChI=1S/C16H21NO2S/c1-10(14-6-3-7-20-14)17-16(19)13-8-11-4-2-5-12(9-13)15(11)18/h3,6-7,10-13H,2,4-5,8-9H2,1H3,(H,17,19). The molecule has 1 N–H and O–H groups in total. The fraction of sp³-hybridized carbons (Fsp3) is 0.625. The molecule has 3 nitrogen and oxygen atoms in total. The van der Waals surface area contributed by atoms with Crippen molar-refractivity contribution in [3.05, 3.63) is 22.4 Å². The minimum absolute atomic E-state index is 0.0328. The molecular weight excluding hydrogens is 270 g/mol. The molecule has 2 aliphatic carbocycles. The molecule has 4 heteroatoms. The predicted molar refractivity (Wildman–Crippen MR) is 79.4 cm³/mol. The van der Waals surface area contributed by atoms with Gasteiger partial charge in [-0.2, -0.15) is 0 Å². The Labute approximate surface area is 123 Å². The van der Waals surface area contributed by atoms with Crippen molar-refractivity contribution < 1.29 is 9.59 Å². The summed E-state index contributed by atoms with van der Waals surface area (Å²) in [5.74, 6) is 0.887. The molecule has 0 aliphatic heterocycles. The van der Waals surface area contributed by atoms with E-state index < -0.39 is 0 Å². The molecule has 3 unspecified atom stereocenters. The Hall–Kier alpha value is -1.16. The molecular formula is C16H21NO2S. The third-order valence-corrected chi connectivity index (χ3v) is 5.80. The van der Waals surface area contributed by atoms with E-state index in [0.717, 1.165) is 32.1 Å². The van der Waals surface area contributed by atoms with Gasteiger partial charge >= 0.3 is 0 Å². The van der Waals surface area contributed by atoms with Crippen LogP contribution in [0.3, 0.4) is 0 Å². The second kappa shape index (κ2) is 5.68. The predicted octanol–water partition coefficient (Wildman–Crippen LogP) is 3.32. The van der Waals surface area contributed by atoms with E-state index in [9.17, 15) is 9.59 Å². The summed E-state index contributed by atoms with van der Waals surface area (Å²) in [4.78, 5) is 25.7. The highest BCUT2D eigenvalue weighted by atomic mass is 32.1. The quantitative estimate of drug-likeness (QED) is 0.928. The molecule has 1 amide bonds. The van der Waals surface area contributed by atoms with Crippen LogP contribution >= 0.6 is 11.3 Å². The van der Waals surface area contributed by atoms with Crippen molar-refractivity contribution in [1.82, 2.24) is 5.32 Å². The number of hydrogen-bond donors (Lipinski definition) is 1. The molecule has 108 valence electrons. The molecule has 1 aromatic rings. The van der Waals surface area contributed by atoms with Gasteiger partial charge in [0.15, 0.2) is 0 Å². The van der Waals surface area contributed by atoms with Crippen molar-refractivity contribution in [2.45, 2.75) is 45.1 Å². The van der Waals surface area contributed by atoms with Gasteiger partial charge in [-0.25, -0.2) is 0 Å². The lowest BCUT2D eigenvalue weighted by atomic mass is 9.67. The first-order valence-corrected chi connectivity index (χ1v) is 8.40. The van der Waals surface area contributed by atoms with Gasteiger partial charge in [-0.05, 0) is 44.1 Å². The highest BCUT2D eigenvalue weighted by molar-refractivity contribution is 7.10. The fourth-order valence-electron chi connectivity index (χ4n) is 3.63. The number of nitrogens with one attached hydrogen (secondary N) is 1. The molecule has 2 fully saturated rings. The maximum Gasteiger partial charge on any atom is 0.223 e. The molecule has 1 aromatic heterocycles. The lowest BCUT2D eigenvalue weighted by molar-refractivity contribution is -0.137. The third kappa shape index (κ3) is 2.66. The zero-order chi connectivity index (χ0) is 14.1. The third-order valence-electron chi connectivity index (χ3n) is 4.75. The highest BCUT2D eigenvalue weighted by Gasteiger charge is 2.41. The minimum Gasteiger partial charge on any atom is -0.349 e. The molecule has 1 heterocycles. The van der Waals surface area contributed by atoms with E-state index in [-0.39, 0.29) is 29.7 Å². The van der Waals surface area contributed by atoms with Gasteiger partial charge in [0.05, 0.1) is 6.04 Å². The van der Waals surface area contributed by atoms with Gasteiger partial charge in [0.2, 0.25) is 5.91 Å². The Balaban J connectivity index is 1.62. The Bertz CT molecular complexity index is 481. The van der Waals surface area contributed by atoms with Crippen LogP contribution in [0.5, 0.6) is 0 Å². The van der Waals surface area contributed by atoms with Crippen molar-refractivity contribution in [3.8, 4) is 0 Å². The summed E-state index contributed by atoms with van der Waals surface area (Å²) >= 11 is 1.67. The number of rotatable bonds is 3. The molecule has 3 rings (SSSR count). The van der Waals surface area contributed by atoms with Gasteiger partial charge in [0.25, 0.3) is 0 Å². The van der Waals surface area contributed by atoms with Crippen molar-refractivity contribution in [2.75, 3.05) is 0 Å².